The second-order valence-corrected chi connectivity index (χ2v) is 16.4. The minimum absolute atomic E-state index is 0.527. The summed E-state index contributed by atoms with van der Waals surface area (Å²) in [5.41, 5.74) is 5.19. The molecule has 0 amide bonds. The third kappa shape index (κ3) is 3.23. The van der Waals surface area contributed by atoms with Gasteiger partial charge in [0.2, 0.25) is 0 Å². The van der Waals surface area contributed by atoms with Crippen molar-refractivity contribution in [2.24, 2.45) is 46.3 Å². The van der Waals surface area contributed by atoms with Gasteiger partial charge in [0.15, 0.2) is 6.71 Å². The Morgan fingerprint density at radius 3 is 1.93 bits per heavy atom. The summed E-state index contributed by atoms with van der Waals surface area (Å²) in [5.74, 6) is 8.71. The molecule has 0 saturated heterocycles. The summed E-state index contributed by atoms with van der Waals surface area (Å²) in [5, 5.41) is 5.39. The molecule has 0 radical (unpaired) electrons. The van der Waals surface area contributed by atoms with Gasteiger partial charge < -0.3 is 4.74 Å². The number of fused-ring (bicyclic) bond motifs is 8. The van der Waals surface area contributed by atoms with Crippen LogP contribution in [0.1, 0.15) is 67.2 Å². The van der Waals surface area contributed by atoms with Gasteiger partial charge in [-0.25, -0.2) is 0 Å². The number of benzene rings is 4. The van der Waals surface area contributed by atoms with Gasteiger partial charge in [0.1, 0.15) is 11.5 Å². The Morgan fingerprint density at radius 1 is 0.643 bits per heavy atom. The molecular formula is C40H45BO. The van der Waals surface area contributed by atoms with Crippen molar-refractivity contribution in [2.45, 2.75) is 78.9 Å². The fourth-order valence-electron chi connectivity index (χ4n) is 11.7. The summed E-state index contributed by atoms with van der Waals surface area (Å²) in [4.78, 5) is 0. The minimum Gasteiger partial charge on any atom is -0.456 e. The van der Waals surface area contributed by atoms with Gasteiger partial charge in [-0.3, -0.25) is 0 Å². The van der Waals surface area contributed by atoms with Crippen LogP contribution in [-0.2, 0) is 0 Å². The van der Waals surface area contributed by atoms with Gasteiger partial charge >= 0.3 is 0 Å². The summed E-state index contributed by atoms with van der Waals surface area (Å²) in [6.07, 6.45) is 5.77. The molecule has 6 aliphatic carbocycles. The van der Waals surface area contributed by atoms with Crippen LogP contribution in [-0.4, -0.2) is 6.71 Å². The van der Waals surface area contributed by atoms with Gasteiger partial charge in [-0.1, -0.05) is 120 Å². The lowest BCUT2D eigenvalue weighted by Crippen LogP contribution is -2.61. The fraction of sp³-hybridized carbons (Fsp3) is 0.500. The molecule has 8 unspecified atom stereocenters. The lowest BCUT2D eigenvalue weighted by molar-refractivity contribution is -0.107. The van der Waals surface area contributed by atoms with E-state index in [2.05, 4.69) is 108 Å². The molecule has 1 heterocycles. The molecule has 7 aliphatic rings. The van der Waals surface area contributed by atoms with Crippen molar-refractivity contribution in [3.05, 3.63) is 66.7 Å². The minimum atomic E-state index is 0.527. The number of hydrogen-bond donors (Lipinski definition) is 0. The van der Waals surface area contributed by atoms with Gasteiger partial charge in [-0.15, -0.1) is 0 Å². The van der Waals surface area contributed by atoms with Crippen LogP contribution in [0.4, 0.5) is 0 Å². The molecule has 0 aromatic heterocycles. The van der Waals surface area contributed by atoms with Crippen LogP contribution in [0.25, 0.3) is 32.7 Å². The van der Waals surface area contributed by atoms with E-state index in [0.29, 0.717) is 17.5 Å². The maximum Gasteiger partial charge on any atom is 0.182 e. The Bertz CT molecular complexity index is 1720. The molecule has 4 aromatic carbocycles. The first-order chi connectivity index (χ1) is 20.1. The summed E-state index contributed by atoms with van der Waals surface area (Å²) >= 11 is 0. The van der Waals surface area contributed by atoms with Crippen LogP contribution in [0.5, 0.6) is 11.5 Å². The molecule has 2 heteroatoms. The molecule has 1 nitrogen and oxygen atoms in total. The smallest absolute Gasteiger partial charge is 0.182 e. The van der Waals surface area contributed by atoms with Crippen molar-refractivity contribution in [1.29, 1.82) is 0 Å². The van der Waals surface area contributed by atoms with Crippen LogP contribution >= 0.6 is 0 Å². The zero-order chi connectivity index (χ0) is 28.7. The quantitative estimate of drug-likeness (QED) is 0.160. The molecule has 42 heavy (non-hydrogen) atoms. The zero-order valence-corrected chi connectivity index (χ0v) is 26.3. The Labute approximate surface area is 252 Å². The molecule has 8 atom stereocenters. The van der Waals surface area contributed by atoms with E-state index in [1.165, 1.54) is 58.4 Å². The Hall–Kier alpha value is -2.74. The normalized spacial score (nSPS) is 34.6. The molecule has 6 fully saturated rings. The summed E-state index contributed by atoms with van der Waals surface area (Å²) in [6, 6.07) is 25.3. The van der Waals surface area contributed by atoms with Crippen LogP contribution < -0.4 is 10.2 Å². The van der Waals surface area contributed by atoms with Crippen molar-refractivity contribution in [3.63, 3.8) is 0 Å². The summed E-state index contributed by atoms with van der Waals surface area (Å²) < 4.78 is 6.47. The number of hydrogen-bond acceptors (Lipinski definition) is 1. The molecule has 11 rings (SSSR count). The van der Waals surface area contributed by atoms with Crippen LogP contribution in [0, 0.1) is 46.3 Å². The predicted octanol–water partition coefficient (Wildman–Crippen LogP) is 10.6. The SMILES string of the molecule is CC1C(B(c2ccc3cc4c5c(cccc5c3c2)Oc2ccccc2-4)C2CC3CC(C2C)C3(C)C)CC2CC1C2(C)C. The first kappa shape index (κ1) is 25.7. The third-order valence-corrected chi connectivity index (χ3v) is 14.5. The first-order valence-electron chi connectivity index (χ1n) is 16.9. The molecule has 1 aliphatic heterocycles. The number of ether oxygens (including phenoxy) is 1. The van der Waals surface area contributed by atoms with Gasteiger partial charge in [-0.05, 0) is 99.1 Å². The van der Waals surface area contributed by atoms with Crippen molar-refractivity contribution in [3.8, 4) is 22.6 Å². The molecule has 214 valence electrons. The van der Waals surface area contributed by atoms with Crippen LogP contribution in [0.3, 0.4) is 0 Å². The van der Waals surface area contributed by atoms with Gasteiger partial charge in [0.05, 0.1) is 0 Å². The van der Waals surface area contributed by atoms with Crippen molar-refractivity contribution < 1.29 is 4.74 Å². The van der Waals surface area contributed by atoms with Gasteiger partial charge in [0.25, 0.3) is 0 Å². The van der Waals surface area contributed by atoms with Gasteiger partial charge in [0, 0.05) is 10.9 Å². The maximum atomic E-state index is 6.47. The van der Waals surface area contributed by atoms with Crippen molar-refractivity contribution in [2.75, 3.05) is 0 Å². The van der Waals surface area contributed by atoms with Gasteiger partial charge in [-0.2, -0.15) is 0 Å². The molecule has 0 spiro atoms. The number of para-hydroxylation sites is 1. The lowest BCUT2D eigenvalue weighted by atomic mass is 9.19. The highest BCUT2D eigenvalue weighted by Gasteiger charge is 2.62. The average Bonchev–Trinajstić information content (AvgIpc) is 2.98. The van der Waals surface area contributed by atoms with E-state index >= 15 is 0 Å². The highest BCUT2D eigenvalue weighted by Crippen LogP contribution is 2.69. The van der Waals surface area contributed by atoms with E-state index in [4.69, 9.17) is 4.74 Å². The summed E-state index contributed by atoms with van der Waals surface area (Å²) in [7, 11) is 0. The lowest BCUT2D eigenvalue weighted by Gasteiger charge is -2.66. The summed E-state index contributed by atoms with van der Waals surface area (Å²) in [6.45, 7) is 16.2. The monoisotopic (exact) mass is 552 g/mol. The first-order valence-corrected chi connectivity index (χ1v) is 16.9. The van der Waals surface area contributed by atoms with E-state index in [9.17, 15) is 0 Å². The highest BCUT2D eigenvalue weighted by molar-refractivity contribution is 6.76. The van der Waals surface area contributed by atoms with E-state index in [0.717, 1.165) is 58.6 Å². The second kappa shape index (κ2) is 8.46. The Morgan fingerprint density at radius 2 is 1.29 bits per heavy atom. The Kier molecular flexibility index (Phi) is 5.18. The molecule has 0 N–H and O–H groups in total. The number of rotatable bonds is 3. The van der Waals surface area contributed by atoms with Crippen LogP contribution in [0.2, 0.25) is 11.6 Å². The molecule has 4 bridgehead atoms. The topological polar surface area (TPSA) is 9.23 Å². The Balaban J connectivity index is 1.21. The highest BCUT2D eigenvalue weighted by atomic mass is 16.5. The third-order valence-electron chi connectivity index (χ3n) is 14.5. The van der Waals surface area contributed by atoms with E-state index in [-0.39, 0.29) is 0 Å². The molecule has 6 saturated carbocycles. The molecule has 4 aromatic rings. The standard InChI is InChI=1S/C40H45BO/c1-22-32-17-25(39(32,3)4)19-34(22)41(35-20-26-18-33(23(35)2)40(26,5)6)27-15-14-24-16-31-28-10-7-8-12-36(28)42-37-13-9-11-29(38(31)37)30(24)21-27/h7-16,21-23,25-26,32-35H,17-20H2,1-6H3. The fourth-order valence-corrected chi connectivity index (χ4v) is 11.7. The van der Waals surface area contributed by atoms with E-state index in [1.54, 1.807) is 5.46 Å². The van der Waals surface area contributed by atoms with Crippen molar-refractivity contribution >= 4 is 33.7 Å². The maximum absolute atomic E-state index is 6.47. The van der Waals surface area contributed by atoms with Crippen LogP contribution in [0.15, 0.2) is 66.7 Å². The average molecular weight is 553 g/mol. The second-order valence-electron chi connectivity index (χ2n) is 16.4. The van der Waals surface area contributed by atoms with E-state index < -0.39 is 0 Å². The van der Waals surface area contributed by atoms with Crippen molar-refractivity contribution in [1.82, 2.24) is 0 Å². The zero-order valence-electron chi connectivity index (χ0n) is 26.3. The predicted molar refractivity (Wildman–Crippen MR) is 178 cm³/mol. The largest absolute Gasteiger partial charge is 0.456 e. The molecular weight excluding hydrogens is 507 g/mol. The van der Waals surface area contributed by atoms with E-state index in [1.807, 2.05) is 0 Å².